The van der Waals surface area contributed by atoms with Gasteiger partial charge in [-0.2, -0.15) is 0 Å². The maximum absolute atomic E-state index is 12.4. The number of esters is 1. The predicted octanol–water partition coefficient (Wildman–Crippen LogP) is 2.51. The lowest BCUT2D eigenvalue weighted by atomic mass is 10.1. The summed E-state index contributed by atoms with van der Waals surface area (Å²) in [4.78, 5) is 24.2. The van der Waals surface area contributed by atoms with Crippen molar-refractivity contribution in [3.63, 3.8) is 0 Å². The smallest absolute Gasteiger partial charge is 0.339 e. The number of methoxy groups -OCH3 is 1. The van der Waals surface area contributed by atoms with Gasteiger partial charge < -0.3 is 10.1 Å². The van der Waals surface area contributed by atoms with Crippen molar-refractivity contribution in [2.24, 2.45) is 0 Å². The van der Waals surface area contributed by atoms with Crippen LogP contribution in [0.2, 0.25) is 0 Å². The molecule has 0 spiro atoms. The van der Waals surface area contributed by atoms with E-state index in [1.165, 1.54) is 30.6 Å². The molecule has 138 valence electrons. The maximum Gasteiger partial charge on any atom is 0.339 e. The fourth-order valence-corrected chi connectivity index (χ4v) is 3.08. The topological polar surface area (TPSA) is 92.8 Å². The van der Waals surface area contributed by atoms with E-state index in [1.807, 2.05) is 0 Å². The molecule has 2 rings (SSSR count). The Bertz CT molecular complexity index is 907. The summed E-state index contributed by atoms with van der Waals surface area (Å²) in [6.45, 7) is 1.56. The fourth-order valence-electron chi connectivity index (χ4n) is 2.25. The van der Waals surface area contributed by atoms with Crippen molar-refractivity contribution in [1.29, 1.82) is 0 Å². The molecule has 0 fully saturated rings. The first-order valence-corrected chi connectivity index (χ1v) is 9.46. The average molecular weight is 376 g/mol. The minimum Gasteiger partial charge on any atom is -0.465 e. The highest BCUT2D eigenvalue weighted by atomic mass is 32.2. The van der Waals surface area contributed by atoms with E-state index < -0.39 is 21.9 Å². The number of nitrogens with zero attached hydrogens (tertiary/aromatic N) is 1. The number of nitrogens with one attached hydrogen (secondary N) is 1. The predicted molar refractivity (Wildman–Crippen MR) is 100 cm³/mol. The molecule has 0 heterocycles. The second-order valence-electron chi connectivity index (χ2n) is 5.41. The number of ether oxygens (including phenoxy) is 1. The molecular weight excluding hydrogens is 356 g/mol. The number of carbonyl (C=O) groups excluding carboxylic acids is 2. The number of hydrogen-bond donors (Lipinski definition) is 1. The van der Waals surface area contributed by atoms with E-state index in [0.717, 1.165) is 0 Å². The van der Waals surface area contributed by atoms with Gasteiger partial charge in [0.2, 0.25) is 10.0 Å². The van der Waals surface area contributed by atoms with Gasteiger partial charge in [-0.05, 0) is 43.3 Å². The number of hydrogen-bond acceptors (Lipinski definition) is 5. The van der Waals surface area contributed by atoms with Crippen molar-refractivity contribution in [2.75, 3.05) is 29.5 Å². The van der Waals surface area contributed by atoms with Crippen LogP contribution in [-0.2, 0) is 14.8 Å². The van der Waals surface area contributed by atoms with Crippen molar-refractivity contribution in [3.05, 3.63) is 59.7 Å². The van der Waals surface area contributed by atoms with E-state index in [4.69, 9.17) is 4.74 Å². The number of carbonyl (C=O) groups is 2. The Labute approximate surface area is 152 Å². The summed E-state index contributed by atoms with van der Waals surface area (Å²) in [5.74, 6) is -0.993. The van der Waals surface area contributed by atoms with Gasteiger partial charge in [0.1, 0.15) is 0 Å². The first-order chi connectivity index (χ1) is 12.3. The standard InChI is InChI=1S/C18H20N2O5S/c1-4-26(23,24)20(2)14-11-9-13(10-12-14)17(21)19-16-8-6-5-7-15(16)18(22)25-3/h5-12H,4H2,1-3H3,(H,19,21). The molecular formula is C18H20N2O5S. The summed E-state index contributed by atoms with van der Waals surface area (Å²) in [5, 5.41) is 2.66. The van der Waals surface area contributed by atoms with E-state index >= 15 is 0 Å². The van der Waals surface area contributed by atoms with Crippen LogP contribution < -0.4 is 9.62 Å². The van der Waals surface area contributed by atoms with Gasteiger partial charge in [-0.15, -0.1) is 0 Å². The van der Waals surface area contributed by atoms with Crippen molar-refractivity contribution in [3.8, 4) is 0 Å². The Morgan fingerprint density at radius 2 is 1.69 bits per heavy atom. The third-order valence-electron chi connectivity index (χ3n) is 3.86. The molecule has 1 N–H and O–H groups in total. The van der Waals surface area contributed by atoms with E-state index in [1.54, 1.807) is 43.3 Å². The molecule has 0 aliphatic carbocycles. The van der Waals surface area contributed by atoms with Crippen LogP contribution in [0.15, 0.2) is 48.5 Å². The summed E-state index contributed by atoms with van der Waals surface area (Å²) >= 11 is 0. The summed E-state index contributed by atoms with van der Waals surface area (Å²) < 4.78 is 29.6. The number of rotatable bonds is 6. The Morgan fingerprint density at radius 3 is 2.27 bits per heavy atom. The number of benzene rings is 2. The molecule has 0 saturated heterocycles. The fraction of sp³-hybridized carbons (Fsp3) is 0.222. The van der Waals surface area contributed by atoms with Crippen LogP contribution in [0.25, 0.3) is 0 Å². The molecule has 7 nitrogen and oxygen atoms in total. The summed E-state index contributed by atoms with van der Waals surface area (Å²) in [6.07, 6.45) is 0. The molecule has 2 aromatic rings. The molecule has 0 aliphatic rings. The molecule has 0 atom stereocenters. The summed E-state index contributed by atoms with van der Waals surface area (Å²) in [6, 6.07) is 12.6. The molecule has 1 amide bonds. The SMILES string of the molecule is CCS(=O)(=O)N(C)c1ccc(C(=O)Nc2ccccc2C(=O)OC)cc1. The number of anilines is 2. The van der Waals surface area contributed by atoms with Crippen molar-refractivity contribution in [2.45, 2.75) is 6.92 Å². The third kappa shape index (κ3) is 4.20. The molecule has 26 heavy (non-hydrogen) atoms. The first-order valence-electron chi connectivity index (χ1n) is 7.85. The molecule has 0 radical (unpaired) electrons. The van der Waals surface area contributed by atoms with E-state index in [2.05, 4.69) is 5.32 Å². The Morgan fingerprint density at radius 1 is 1.08 bits per heavy atom. The van der Waals surface area contributed by atoms with Crippen LogP contribution in [0.3, 0.4) is 0 Å². The number of amides is 1. The lowest BCUT2D eigenvalue weighted by Crippen LogP contribution is -2.28. The lowest BCUT2D eigenvalue weighted by molar-refractivity contribution is 0.0602. The van der Waals surface area contributed by atoms with Crippen LogP contribution in [0.1, 0.15) is 27.6 Å². The zero-order valence-electron chi connectivity index (χ0n) is 14.7. The van der Waals surface area contributed by atoms with E-state index in [-0.39, 0.29) is 11.3 Å². The minimum atomic E-state index is -3.37. The summed E-state index contributed by atoms with van der Waals surface area (Å²) in [7, 11) is -0.646. The number of sulfonamides is 1. The molecule has 0 unspecified atom stereocenters. The molecule has 0 aromatic heterocycles. The van der Waals surface area contributed by atoms with Gasteiger partial charge in [0, 0.05) is 12.6 Å². The molecule has 0 aliphatic heterocycles. The normalized spacial score (nSPS) is 10.9. The van der Waals surface area contributed by atoms with Crippen molar-refractivity contribution < 1.29 is 22.7 Å². The average Bonchev–Trinajstić information content (AvgIpc) is 2.67. The highest BCUT2D eigenvalue weighted by molar-refractivity contribution is 7.92. The lowest BCUT2D eigenvalue weighted by Gasteiger charge is -2.18. The van der Waals surface area contributed by atoms with Crippen LogP contribution >= 0.6 is 0 Å². The molecule has 0 bridgehead atoms. The second kappa shape index (κ2) is 8.01. The van der Waals surface area contributed by atoms with Gasteiger partial charge >= 0.3 is 5.97 Å². The van der Waals surface area contributed by atoms with Crippen LogP contribution in [-0.4, -0.2) is 40.2 Å². The monoisotopic (exact) mass is 376 g/mol. The second-order valence-corrected chi connectivity index (χ2v) is 7.70. The Hall–Kier alpha value is -2.87. The quantitative estimate of drug-likeness (QED) is 0.782. The molecule has 8 heteroatoms. The van der Waals surface area contributed by atoms with Gasteiger partial charge in [-0.1, -0.05) is 12.1 Å². The Kier molecular flexibility index (Phi) is 5.99. The van der Waals surface area contributed by atoms with Crippen LogP contribution in [0.5, 0.6) is 0 Å². The Balaban J connectivity index is 2.21. The highest BCUT2D eigenvalue weighted by Gasteiger charge is 2.17. The van der Waals surface area contributed by atoms with Crippen molar-refractivity contribution in [1.82, 2.24) is 0 Å². The maximum atomic E-state index is 12.4. The van der Waals surface area contributed by atoms with Crippen LogP contribution in [0, 0.1) is 0 Å². The van der Waals surface area contributed by atoms with E-state index in [9.17, 15) is 18.0 Å². The largest absolute Gasteiger partial charge is 0.465 e. The summed E-state index contributed by atoms with van der Waals surface area (Å²) in [5.41, 5.74) is 1.36. The molecule has 0 saturated carbocycles. The molecule has 2 aromatic carbocycles. The van der Waals surface area contributed by atoms with Crippen LogP contribution in [0.4, 0.5) is 11.4 Å². The number of para-hydroxylation sites is 1. The third-order valence-corrected chi connectivity index (χ3v) is 5.63. The van der Waals surface area contributed by atoms with Gasteiger partial charge in [0.15, 0.2) is 0 Å². The van der Waals surface area contributed by atoms with Crippen molar-refractivity contribution >= 4 is 33.3 Å². The first kappa shape index (κ1) is 19.5. The van der Waals surface area contributed by atoms with Gasteiger partial charge in [-0.25, -0.2) is 13.2 Å². The highest BCUT2D eigenvalue weighted by Crippen LogP contribution is 2.20. The van der Waals surface area contributed by atoms with Gasteiger partial charge in [0.05, 0.1) is 29.8 Å². The van der Waals surface area contributed by atoms with Gasteiger partial charge in [-0.3, -0.25) is 9.10 Å². The van der Waals surface area contributed by atoms with Gasteiger partial charge in [0.25, 0.3) is 5.91 Å². The minimum absolute atomic E-state index is 0.0178. The van der Waals surface area contributed by atoms with E-state index in [0.29, 0.717) is 16.9 Å². The zero-order valence-corrected chi connectivity index (χ0v) is 15.5. The zero-order chi connectivity index (χ0) is 19.3.